The average molecular weight is 212 g/mol. The monoisotopic (exact) mass is 212 g/mol. The van der Waals surface area contributed by atoms with E-state index < -0.39 is 0 Å². The lowest BCUT2D eigenvalue weighted by Gasteiger charge is -2.06. The van der Waals surface area contributed by atoms with Crippen molar-refractivity contribution < 1.29 is 9.15 Å². The van der Waals surface area contributed by atoms with Crippen LogP contribution < -0.4 is 11.1 Å². The molecule has 15 heavy (non-hydrogen) atoms. The summed E-state index contributed by atoms with van der Waals surface area (Å²) in [6, 6.07) is 0.453. The highest BCUT2D eigenvalue weighted by atomic mass is 16.5. The zero-order valence-electron chi connectivity index (χ0n) is 8.61. The van der Waals surface area contributed by atoms with Crippen molar-refractivity contribution in [1.82, 2.24) is 10.2 Å². The summed E-state index contributed by atoms with van der Waals surface area (Å²) < 4.78 is 10.5. The maximum absolute atomic E-state index is 5.35. The van der Waals surface area contributed by atoms with Gasteiger partial charge in [0.15, 0.2) is 0 Å². The smallest absolute Gasteiger partial charge is 0.315 e. The second kappa shape index (κ2) is 5.09. The standard InChI is InChI=1S/C9H16N4O2/c10-5-8-12-13-9(15-8)11-3-1-7-2-4-14-6-7/h7H,1-6,10H2,(H,11,13). The van der Waals surface area contributed by atoms with Crippen molar-refractivity contribution >= 4 is 6.01 Å². The maximum atomic E-state index is 5.35. The Labute approximate surface area is 88.2 Å². The van der Waals surface area contributed by atoms with Crippen LogP contribution in [0, 0.1) is 5.92 Å². The topological polar surface area (TPSA) is 86.2 Å². The van der Waals surface area contributed by atoms with Crippen LogP contribution in [0.2, 0.25) is 0 Å². The van der Waals surface area contributed by atoms with Crippen molar-refractivity contribution in [1.29, 1.82) is 0 Å². The molecule has 2 heterocycles. The molecule has 3 N–H and O–H groups in total. The fourth-order valence-electron chi connectivity index (χ4n) is 1.60. The Morgan fingerprint density at radius 2 is 2.40 bits per heavy atom. The Morgan fingerprint density at radius 1 is 1.47 bits per heavy atom. The minimum absolute atomic E-state index is 0.283. The summed E-state index contributed by atoms with van der Waals surface area (Å²) in [6.07, 6.45) is 2.22. The van der Waals surface area contributed by atoms with Crippen molar-refractivity contribution in [2.24, 2.45) is 11.7 Å². The number of nitrogens with zero attached hydrogens (tertiary/aromatic N) is 2. The lowest BCUT2D eigenvalue weighted by Crippen LogP contribution is -2.09. The van der Waals surface area contributed by atoms with E-state index in [9.17, 15) is 0 Å². The van der Waals surface area contributed by atoms with Gasteiger partial charge in [-0.3, -0.25) is 0 Å². The molecule has 1 unspecified atom stereocenters. The van der Waals surface area contributed by atoms with Crippen LogP contribution >= 0.6 is 0 Å². The number of hydrogen-bond acceptors (Lipinski definition) is 6. The third-order valence-electron chi connectivity index (χ3n) is 2.49. The number of rotatable bonds is 5. The molecule has 0 amide bonds. The minimum atomic E-state index is 0.283. The van der Waals surface area contributed by atoms with E-state index in [1.54, 1.807) is 0 Å². The van der Waals surface area contributed by atoms with Crippen LogP contribution in [0.25, 0.3) is 0 Å². The SMILES string of the molecule is NCc1nnc(NCCC2CCOC2)o1. The van der Waals surface area contributed by atoms with E-state index in [1.807, 2.05) is 0 Å². The Hall–Kier alpha value is -1.14. The van der Waals surface area contributed by atoms with Gasteiger partial charge in [0.05, 0.1) is 6.54 Å². The molecule has 1 aromatic rings. The largest absolute Gasteiger partial charge is 0.407 e. The van der Waals surface area contributed by atoms with Crippen molar-refractivity contribution in [3.63, 3.8) is 0 Å². The minimum Gasteiger partial charge on any atom is -0.407 e. The molecular formula is C9H16N4O2. The lowest BCUT2D eigenvalue weighted by molar-refractivity contribution is 0.185. The first kappa shape index (κ1) is 10.4. The van der Waals surface area contributed by atoms with Crippen LogP contribution in [0.3, 0.4) is 0 Å². The van der Waals surface area contributed by atoms with E-state index in [1.165, 1.54) is 0 Å². The highest BCUT2D eigenvalue weighted by Crippen LogP contribution is 2.16. The molecule has 0 spiro atoms. The van der Waals surface area contributed by atoms with Crippen LogP contribution in [0.4, 0.5) is 6.01 Å². The maximum Gasteiger partial charge on any atom is 0.315 e. The number of ether oxygens (including phenoxy) is 1. The molecule has 1 aliphatic heterocycles. The van der Waals surface area contributed by atoms with Crippen molar-refractivity contribution in [2.75, 3.05) is 25.1 Å². The molecule has 0 aliphatic carbocycles. The zero-order valence-corrected chi connectivity index (χ0v) is 8.61. The summed E-state index contributed by atoms with van der Waals surface area (Å²) in [5.41, 5.74) is 5.35. The predicted molar refractivity (Wildman–Crippen MR) is 54.2 cm³/mol. The van der Waals surface area contributed by atoms with Gasteiger partial charge < -0.3 is 20.2 Å². The molecule has 1 fully saturated rings. The number of nitrogens with one attached hydrogen (secondary N) is 1. The van der Waals surface area contributed by atoms with E-state index in [0.717, 1.165) is 32.6 Å². The second-order valence-corrected chi connectivity index (χ2v) is 3.65. The van der Waals surface area contributed by atoms with E-state index in [-0.39, 0.29) is 6.54 Å². The number of hydrogen-bond donors (Lipinski definition) is 2. The summed E-state index contributed by atoms with van der Waals surface area (Å²) in [7, 11) is 0. The third-order valence-corrected chi connectivity index (χ3v) is 2.49. The van der Waals surface area contributed by atoms with E-state index in [2.05, 4.69) is 15.5 Å². The molecule has 2 rings (SSSR count). The summed E-state index contributed by atoms with van der Waals surface area (Å²) in [6.45, 7) is 2.88. The molecule has 0 saturated carbocycles. The van der Waals surface area contributed by atoms with Crippen LogP contribution in [0.1, 0.15) is 18.7 Å². The Balaban J connectivity index is 1.68. The van der Waals surface area contributed by atoms with Crippen molar-refractivity contribution in [2.45, 2.75) is 19.4 Å². The Morgan fingerprint density at radius 3 is 3.07 bits per heavy atom. The molecule has 1 aliphatic rings. The van der Waals surface area contributed by atoms with Crippen LogP contribution in [-0.2, 0) is 11.3 Å². The molecule has 0 aromatic carbocycles. The molecular weight excluding hydrogens is 196 g/mol. The van der Waals surface area contributed by atoms with Crippen molar-refractivity contribution in [3.8, 4) is 0 Å². The molecule has 6 heteroatoms. The molecule has 6 nitrogen and oxygen atoms in total. The van der Waals surface area contributed by atoms with Crippen LogP contribution in [0.5, 0.6) is 0 Å². The summed E-state index contributed by atoms with van der Waals surface area (Å²) in [5.74, 6) is 1.12. The molecule has 1 aromatic heterocycles. The van der Waals surface area contributed by atoms with Crippen molar-refractivity contribution in [3.05, 3.63) is 5.89 Å². The fourth-order valence-corrected chi connectivity index (χ4v) is 1.60. The van der Waals surface area contributed by atoms with Gasteiger partial charge in [0, 0.05) is 19.8 Å². The highest BCUT2D eigenvalue weighted by molar-refractivity contribution is 5.16. The van der Waals surface area contributed by atoms with Gasteiger partial charge in [0.1, 0.15) is 0 Å². The summed E-state index contributed by atoms with van der Waals surface area (Å²) in [5, 5.41) is 10.6. The molecule has 0 bridgehead atoms. The van der Waals surface area contributed by atoms with Gasteiger partial charge in [-0.25, -0.2) is 0 Å². The summed E-state index contributed by atoms with van der Waals surface area (Å²) >= 11 is 0. The first-order chi connectivity index (χ1) is 7.38. The average Bonchev–Trinajstić information content (AvgIpc) is 2.88. The lowest BCUT2D eigenvalue weighted by atomic mass is 10.1. The predicted octanol–water partition coefficient (Wildman–Crippen LogP) is 0.367. The summed E-state index contributed by atoms with van der Waals surface area (Å²) in [4.78, 5) is 0. The van der Waals surface area contributed by atoms with E-state index >= 15 is 0 Å². The zero-order chi connectivity index (χ0) is 10.5. The van der Waals surface area contributed by atoms with Gasteiger partial charge in [0.25, 0.3) is 0 Å². The Bertz CT molecular complexity index is 296. The van der Waals surface area contributed by atoms with Crippen LogP contribution in [-0.4, -0.2) is 30.0 Å². The van der Waals surface area contributed by atoms with Gasteiger partial charge in [-0.1, -0.05) is 5.10 Å². The van der Waals surface area contributed by atoms with E-state index in [0.29, 0.717) is 17.8 Å². The fraction of sp³-hybridized carbons (Fsp3) is 0.778. The van der Waals surface area contributed by atoms with Gasteiger partial charge in [0.2, 0.25) is 5.89 Å². The van der Waals surface area contributed by atoms with Gasteiger partial charge >= 0.3 is 6.01 Å². The number of anilines is 1. The molecule has 1 atom stereocenters. The molecule has 1 saturated heterocycles. The molecule has 84 valence electrons. The van der Waals surface area contributed by atoms with Crippen LogP contribution in [0.15, 0.2) is 4.42 Å². The van der Waals surface area contributed by atoms with Gasteiger partial charge in [-0.2, -0.15) is 0 Å². The quantitative estimate of drug-likeness (QED) is 0.733. The second-order valence-electron chi connectivity index (χ2n) is 3.65. The number of aromatic nitrogens is 2. The first-order valence-electron chi connectivity index (χ1n) is 5.22. The third kappa shape index (κ3) is 2.90. The first-order valence-corrected chi connectivity index (χ1v) is 5.22. The highest BCUT2D eigenvalue weighted by Gasteiger charge is 2.15. The van der Waals surface area contributed by atoms with Gasteiger partial charge in [-0.15, -0.1) is 5.10 Å². The Kier molecular flexibility index (Phi) is 3.52. The molecule has 0 radical (unpaired) electrons. The normalized spacial score (nSPS) is 20.7. The number of nitrogens with two attached hydrogens (primary N) is 1. The van der Waals surface area contributed by atoms with E-state index in [4.69, 9.17) is 14.9 Å². The van der Waals surface area contributed by atoms with Gasteiger partial charge in [-0.05, 0) is 18.8 Å².